The number of carbonyl (C=O) groups is 1. The lowest BCUT2D eigenvalue weighted by Gasteiger charge is -2.29. The maximum absolute atomic E-state index is 12.7. The third kappa shape index (κ3) is 3.18. The molecule has 0 radical (unpaired) electrons. The Kier molecular flexibility index (Phi) is 4.50. The fraction of sp³-hybridized carbons (Fsp3) is 0.556. The number of methoxy groups -OCH3 is 1. The first-order valence-corrected chi connectivity index (χ1v) is 10.5. The van der Waals surface area contributed by atoms with E-state index >= 15 is 0 Å². The Balaban J connectivity index is 1.22. The topological polar surface area (TPSA) is 111 Å². The van der Waals surface area contributed by atoms with E-state index in [0.717, 1.165) is 42.8 Å². The summed E-state index contributed by atoms with van der Waals surface area (Å²) in [6, 6.07) is 2.30. The Labute approximate surface area is 172 Å². The van der Waals surface area contributed by atoms with Crippen LogP contribution in [0.2, 0.25) is 0 Å². The Bertz CT molecular complexity index is 937. The van der Waals surface area contributed by atoms with E-state index in [4.69, 9.17) is 4.74 Å². The normalized spacial score (nSPS) is 30.6. The molecule has 1 saturated heterocycles. The van der Waals surface area contributed by atoms with Crippen LogP contribution in [0, 0.1) is 11.8 Å². The number of amides is 2. The molecule has 2 fully saturated rings. The number of anilines is 1. The van der Waals surface area contributed by atoms with Gasteiger partial charge in [0.2, 0.25) is 0 Å². The van der Waals surface area contributed by atoms with Crippen LogP contribution in [0.4, 0.5) is 10.6 Å². The number of likely N-dealkylation sites (tertiary alicyclic amines) is 1. The zero-order chi connectivity index (χ0) is 20.0. The van der Waals surface area contributed by atoms with Crippen LogP contribution in [0.1, 0.15) is 12.8 Å². The van der Waals surface area contributed by atoms with Crippen molar-refractivity contribution < 1.29 is 9.53 Å². The van der Waals surface area contributed by atoms with Crippen LogP contribution in [0.25, 0.3) is 11.0 Å². The van der Waals surface area contributed by atoms with Crippen molar-refractivity contribution in [1.29, 1.82) is 0 Å². The molecule has 2 aromatic heterocycles. The lowest BCUT2D eigenvalue weighted by atomic mass is 10.0. The number of urea groups is 1. The maximum atomic E-state index is 12.7. The van der Waals surface area contributed by atoms with Crippen LogP contribution in [0.3, 0.4) is 0 Å². The number of aromatic amines is 1. The van der Waals surface area contributed by atoms with Crippen LogP contribution < -0.4 is 14.9 Å². The number of hydrogen-bond acceptors (Lipinski definition) is 8. The fourth-order valence-electron chi connectivity index (χ4n) is 4.72. The zero-order valence-electron chi connectivity index (χ0n) is 16.3. The van der Waals surface area contributed by atoms with Crippen molar-refractivity contribution in [2.75, 3.05) is 32.1 Å². The number of fused-ring (bicyclic) bond motifs is 2. The molecular weight excluding hydrogens is 392 g/mol. The van der Waals surface area contributed by atoms with E-state index in [-0.39, 0.29) is 6.03 Å². The van der Waals surface area contributed by atoms with Gasteiger partial charge in [0.05, 0.1) is 11.7 Å². The summed E-state index contributed by atoms with van der Waals surface area (Å²) >= 11 is 1.23. The van der Waals surface area contributed by atoms with E-state index < -0.39 is 5.18 Å². The summed E-state index contributed by atoms with van der Waals surface area (Å²) in [5.41, 5.74) is 0.858. The van der Waals surface area contributed by atoms with Crippen LogP contribution in [-0.2, 0) is 4.74 Å². The zero-order valence-corrected chi connectivity index (χ0v) is 17.1. The molecule has 0 bridgehead atoms. The highest BCUT2D eigenvalue weighted by Crippen LogP contribution is 2.41. The highest BCUT2D eigenvalue weighted by atomic mass is 32.2. The van der Waals surface area contributed by atoms with Gasteiger partial charge in [-0.05, 0) is 30.7 Å². The quantitative estimate of drug-likeness (QED) is 0.510. The van der Waals surface area contributed by atoms with Crippen LogP contribution in [0.5, 0.6) is 0 Å². The number of hydrogen-bond donors (Lipinski definition) is 3. The Hall–Kier alpha value is -2.53. The molecule has 2 amide bonds. The molecule has 2 aromatic rings. The van der Waals surface area contributed by atoms with Crippen molar-refractivity contribution in [3.8, 4) is 0 Å². The lowest BCUT2D eigenvalue weighted by Crippen LogP contribution is -2.50. The molecule has 0 spiro atoms. The van der Waals surface area contributed by atoms with Crippen molar-refractivity contribution in [3.05, 3.63) is 18.6 Å². The molecule has 4 atom stereocenters. The standard InChI is InChI=1S/C18H24N8O2S/c1-25(16-14-3-4-19-15(14)20-9-21-16)13-5-11-7-26(8-12(11)6-13)17(27)24-18(28-2)22-10-23-29-18/h3-4,9-13H,5-8H2,1-2H3,(H,22,23)(H,24,27)(H,19,20,21)/t11-,12+,13?,18-/m0/s1. The second-order valence-electron chi connectivity index (χ2n) is 7.79. The summed E-state index contributed by atoms with van der Waals surface area (Å²) in [7, 11) is 3.64. The fourth-order valence-corrected chi connectivity index (χ4v) is 5.32. The van der Waals surface area contributed by atoms with Crippen molar-refractivity contribution in [2.24, 2.45) is 16.8 Å². The van der Waals surface area contributed by atoms with Crippen molar-refractivity contribution in [2.45, 2.75) is 24.1 Å². The number of nitrogens with one attached hydrogen (secondary N) is 3. The summed E-state index contributed by atoms with van der Waals surface area (Å²) in [5, 5.41) is 2.85. The van der Waals surface area contributed by atoms with Crippen molar-refractivity contribution in [1.82, 2.24) is 29.9 Å². The number of carbonyl (C=O) groups excluding carboxylic acids is 1. The first kappa shape index (κ1) is 18.5. The van der Waals surface area contributed by atoms with Crippen molar-refractivity contribution in [3.63, 3.8) is 0 Å². The largest absolute Gasteiger partial charge is 0.356 e. The first-order valence-electron chi connectivity index (χ1n) is 9.69. The highest BCUT2D eigenvalue weighted by molar-refractivity contribution is 7.99. The number of H-pyrrole nitrogens is 1. The molecule has 3 aliphatic rings. The first-order chi connectivity index (χ1) is 14.1. The van der Waals surface area contributed by atoms with E-state index in [9.17, 15) is 4.79 Å². The summed E-state index contributed by atoms with van der Waals surface area (Å²) in [6.07, 6.45) is 7.12. The summed E-state index contributed by atoms with van der Waals surface area (Å²) < 4.78 is 8.26. The second-order valence-corrected chi connectivity index (χ2v) is 8.79. The molecule has 0 aromatic carbocycles. The summed E-state index contributed by atoms with van der Waals surface area (Å²) in [4.78, 5) is 33.0. The predicted molar refractivity (Wildman–Crippen MR) is 111 cm³/mol. The minimum Gasteiger partial charge on any atom is -0.356 e. The number of rotatable bonds is 4. The molecule has 10 nitrogen and oxygen atoms in total. The number of ether oxygens (including phenoxy) is 1. The molecule has 1 saturated carbocycles. The van der Waals surface area contributed by atoms with Gasteiger partial charge in [-0.3, -0.25) is 5.32 Å². The van der Waals surface area contributed by atoms with Crippen molar-refractivity contribution >= 4 is 41.2 Å². The molecule has 1 unspecified atom stereocenters. The Morgan fingerprint density at radius 2 is 2.17 bits per heavy atom. The highest BCUT2D eigenvalue weighted by Gasteiger charge is 2.45. The Morgan fingerprint density at radius 3 is 2.86 bits per heavy atom. The van der Waals surface area contributed by atoms with E-state index in [1.807, 2.05) is 17.2 Å². The number of aromatic nitrogens is 3. The molecular formula is C18H24N8O2S. The van der Waals surface area contributed by atoms with Gasteiger partial charge < -0.3 is 24.2 Å². The monoisotopic (exact) mass is 416 g/mol. The molecule has 2 aliphatic heterocycles. The molecule has 5 rings (SSSR count). The average molecular weight is 417 g/mol. The molecule has 29 heavy (non-hydrogen) atoms. The van der Waals surface area contributed by atoms with Gasteiger partial charge in [-0.2, -0.15) is 0 Å². The molecule has 154 valence electrons. The van der Waals surface area contributed by atoms with Gasteiger partial charge in [0, 0.05) is 51.4 Å². The van der Waals surface area contributed by atoms with Crippen LogP contribution in [-0.4, -0.2) is 70.7 Å². The average Bonchev–Trinajstić information content (AvgIpc) is 3.49. The minimum atomic E-state index is -1.08. The smallest absolute Gasteiger partial charge is 0.321 e. The SMILES string of the molecule is CO[C@@]1(NC(=O)N2C[C@H]3CC(N(C)c4ncnc5[nH]ccc45)C[C@H]3C2)N=CNS1. The van der Waals surface area contributed by atoms with E-state index in [1.54, 1.807) is 6.33 Å². The predicted octanol–water partition coefficient (Wildman–Crippen LogP) is 1.35. The molecule has 3 N–H and O–H groups in total. The molecule has 11 heteroatoms. The molecule has 1 aliphatic carbocycles. The number of nitrogens with zero attached hydrogens (tertiary/aromatic N) is 5. The summed E-state index contributed by atoms with van der Waals surface area (Å²) in [5.74, 6) is 1.95. The Morgan fingerprint density at radius 1 is 1.38 bits per heavy atom. The van der Waals surface area contributed by atoms with Gasteiger partial charge >= 0.3 is 11.2 Å². The summed E-state index contributed by atoms with van der Waals surface area (Å²) in [6.45, 7) is 1.51. The van der Waals surface area contributed by atoms with Gasteiger partial charge in [0.15, 0.2) is 0 Å². The van der Waals surface area contributed by atoms with E-state index in [1.165, 1.54) is 25.4 Å². The number of aliphatic imine (C=N–C) groups is 1. The maximum Gasteiger partial charge on any atom is 0.321 e. The van der Waals surface area contributed by atoms with Crippen LogP contribution in [0.15, 0.2) is 23.6 Å². The minimum absolute atomic E-state index is 0.135. The lowest BCUT2D eigenvalue weighted by molar-refractivity contribution is 0.0549. The van der Waals surface area contributed by atoms with Gasteiger partial charge in [0.1, 0.15) is 17.8 Å². The van der Waals surface area contributed by atoms with E-state index in [0.29, 0.717) is 17.9 Å². The van der Waals surface area contributed by atoms with Gasteiger partial charge in [-0.1, -0.05) is 0 Å². The second kappa shape index (κ2) is 7.06. The third-order valence-corrected chi connectivity index (χ3v) is 7.13. The van der Waals surface area contributed by atoms with E-state index in [2.05, 4.69) is 41.9 Å². The molecule has 4 heterocycles. The van der Waals surface area contributed by atoms with Gasteiger partial charge in [-0.15, -0.1) is 0 Å². The van der Waals surface area contributed by atoms with Crippen LogP contribution >= 0.6 is 11.9 Å². The third-order valence-electron chi connectivity index (χ3n) is 6.25. The van der Waals surface area contributed by atoms with Gasteiger partial charge in [-0.25, -0.2) is 19.8 Å². The van der Waals surface area contributed by atoms with Gasteiger partial charge in [0.25, 0.3) is 0 Å².